The number of phenolic OH excluding ortho intramolecular Hbond substituents is 1. The van der Waals surface area contributed by atoms with Crippen molar-refractivity contribution in [1.82, 2.24) is 0 Å². The van der Waals surface area contributed by atoms with Gasteiger partial charge < -0.3 is 9.84 Å². The van der Waals surface area contributed by atoms with Crippen molar-refractivity contribution in [3.8, 4) is 5.75 Å². The zero-order valence-electron chi connectivity index (χ0n) is 23.1. The number of rotatable bonds is 19. The smallest absolute Gasteiger partial charge is 0.306 e. The lowest BCUT2D eigenvalue weighted by Gasteiger charge is -2.44. The Labute approximate surface area is 211 Å². The summed E-state index contributed by atoms with van der Waals surface area (Å²) in [6, 6.07) is 7.22. The third kappa shape index (κ3) is 11.3. The number of carbonyl (C=O) groups is 1. The average molecular weight is 475 g/mol. The molecule has 1 N–H and O–H groups in total. The fourth-order valence-corrected chi connectivity index (χ4v) is 4.96. The first-order chi connectivity index (χ1) is 16.3. The highest BCUT2D eigenvalue weighted by atomic mass is 16.6. The highest BCUT2D eigenvalue weighted by Gasteiger charge is 2.46. The predicted octanol–water partition coefficient (Wildman–Crippen LogP) is 9.85. The van der Waals surface area contributed by atoms with Crippen LogP contribution in [0.1, 0.15) is 149 Å². The van der Waals surface area contributed by atoms with Gasteiger partial charge in [-0.2, -0.15) is 0 Å². The van der Waals surface area contributed by atoms with E-state index in [1.807, 2.05) is 19.1 Å². The summed E-state index contributed by atoms with van der Waals surface area (Å²) in [5, 5.41) is 9.76. The number of carbonyl (C=O) groups excluding carboxylic acids is 1. The summed E-state index contributed by atoms with van der Waals surface area (Å²) in [6.07, 6.45) is 21.2. The minimum Gasteiger partial charge on any atom is -0.508 e. The van der Waals surface area contributed by atoms with E-state index in [1.54, 1.807) is 12.1 Å². The van der Waals surface area contributed by atoms with Crippen LogP contribution >= 0.6 is 0 Å². The van der Waals surface area contributed by atoms with E-state index in [0.717, 1.165) is 24.8 Å². The average Bonchev–Trinajstić information content (AvgIpc) is 2.80. The van der Waals surface area contributed by atoms with E-state index in [4.69, 9.17) is 4.74 Å². The molecular weight excluding hydrogens is 420 g/mol. The van der Waals surface area contributed by atoms with Gasteiger partial charge in [-0.3, -0.25) is 4.79 Å². The van der Waals surface area contributed by atoms with Crippen LogP contribution in [0.5, 0.6) is 5.75 Å². The van der Waals surface area contributed by atoms with Crippen molar-refractivity contribution in [2.24, 2.45) is 5.41 Å². The van der Waals surface area contributed by atoms with E-state index in [2.05, 4.69) is 27.7 Å². The number of aromatic hydroxyl groups is 1. The lowest BCUT2D eigenvalue weighted by atomic mass is 9.69. The maximum absolute atomic E-state index is 12.4. The SMILES string of the molecule is CCCCCCCCCCCCCCCCCC(OC(=O)CC)(c1ccc(O)cc1)C(C)(C)C. The standard InChI is InChI=1S/C31H54O3/c1-6-8-9-10-11-12-13-14-15-16-17-18-19-20-21-26-31(30(3,4)5,34-29(33)7-2)27-22-24-28(32)25-23-27/h22-25,32H,6-21,26H2,1-5H3. The van der Waals surface area contributed by atoms with Crippen molar-refractivity contribution in [3.63, 3.8) is 0 Å². The van der Waals surface area contributed by atoms with Crippen molar-refractivity contribution in [2.75, 3.05) is 0 Å². The fourth-order valence-electron chi connectivity index (χ4n) is 4.96. The van der Waals surface area contributed by atoms with Gasteiger partial charge in [-0.05, 0) is 30.5 Å². The van der Waals surface area contributed by atoms with Gasteiger partial charge in [0.25, 0.3) is 0 Å². The number of esters is 1. The molecule has 1 rings (SSSR count). The second kappa shape index (κ2) is 17.0. The number of unbranched alkanes of at least 4 members (excludes halogenated alkanes) is 14. The third-order valence-corrected chi connectivity index (χ3v) is 7.25. The monoisotopic (exact) mass is 474 g/mol. The lowest BCUT2D eigenvalue weighted by molar-refractivity contribution is -0.178. The van der Waals surface area contributed by atoms with Crippen LogP contribution in [0, 0.1) is 5.41 Å². The van der Waals surface area contributed by atoms with E-state index in [0.29, 0.717) is 6.42 Å². The molecule has 0 aliphatic heterocycles. The van der Waals surface area contributed by atoms with Crippen molar-refractivity contribution >= 4 is 5.97 Å². The molecule has 0 aliphatic carbocycles. The van der Waals surface area contributed by atoms with Crippen LogP contribution in [0.25, 0.3) is 0 Å². The maximum atomic E-state index is 12.4. The maximum Gasteiger partial charge on any atom is 0.306 e. The Bertz CT molecular complexity index is 644. The molecule has 1 aromatic carbocycles. The summed E-state index contributed by atoms with van der Waals surface area (Å²) in [6.45, 7) is 10.6. The summed E-state index contributed by atoms with van der Waals surface area (Å²) < 4.78 is 6.18. The number of hydrogen-bond acceptors (Lipinski definition) is 3. The van der Waals surface area contributed by atoms with E-state index < -0.39 is 5.60 Å². The summed E-state index contributed by atoms with van der Waals surface area (Å²) in [7, 11) is 0. The van der Waals surface area contributed by atoms with Crippen LogP contribution in [0.2, 0.25) is 0 Å². The molecule has 0 saturated heterocycles. The number of phenols is 1. The Balaban J connectivity index is 2.38. The van der Waals surface area contributed by atoms with Gasteiger partial charge in [-0.15, -0.1) is 0 Å². The van der Waals surface area contributed by atoms with Crippen LogP contribution in [0.4, 0.5) is 0 Å². The molecule has 1 unspecified atom stereocenters. The molecule has 0 aromatic heterocycles. The number of hydrogen-bond donors (Lipinski definition) is 1. The Morgan fingerprint density at radius 3 is 1.50 bits per heavy atom. The highest BCUT2D eigenvalue weighted by molar-refractivity contribution is 5.69. The molecule has 0 fully saturated rings. The first-order valence-corrected chi connectivity index (χ1v) is 14.3. The Morgan fingerprint density at radius 2 is 1.12 bits per heavy atom. The van der Waals surface area contributed by atoms with Gasteiger partial charge >= 0.3 is 5.97 Å². The molecule has 196 valence electrons. The normalized spacial score (nSPS) is 13.6. The van der Waals surface area contributed by atoms with Crippen LogP contribution in [0.3, 0.4) is 0 Å². The summed E-state index contributed by atoms with van der Waals surface area (Å²) in [5.41, 5.74) is 0.0553. The van der Waals surface area contributed by atoms with Crippen LogP contribution in [-0.2, 0) is 15.1 Å². The van der Waals surface area contributed by atoms with Gasteiger partial charge in [0, 0.05) is 11.8 Å². The third-order valence-electron chi connectivity index (χ3n) is 7.25. The molecule has 34 heavy (non-hydrogen) atoms. The molecule has 0 amide bonds. The summed E-state index contributed by atoms with van der Waals surface area (Å²) in [5.74, 6) is 0.0734. The first kappa shape index (κ1) is 30.5. The van der Waals surface area contributed by atoms with E-state index in [-0.39, 0.29) is 17.1 Å². The lowest BCUT2D eigenvalue weighted by Crippen LogP contribution is -2.44. The molecular formula is C31H54O3. The minimum atomic E-state index is -0.676. The zero-order valence-corrected chi connectivity index (χ0v) is 23.1. The Kier molecular flexibility index (Phi) is 15.3. The molecule has 0 aliphatic rings. The van der Waals surface area contributed by atoms with Gasteiger partial charge in [0.15, 0.2) is 0 Å². The van der Waals surface area contributed by atoms with Crippen molar-refractivity contribution in [1.29, 1.82) is 0 Å². The fraction of sp³-hybridized carbons (Fsp3) is 0.774. The van der Waals surface area contributed by atoms with Gasteiger partial charge in [0.2, 0.25) is 0 Å². The van der Waals surface area contributed by atoms with Crippen molar-refractivity contribution < 1.29 is 14.6 Å². The zero-order chi connectivity index (χ0) is 25.3. The van der Waals surface area contributed by atoms with Crippen LogP contribution < -0.4 is 0 Å². The topological polar surface area (TPSA) is 46.5 Å². The molecule has 0 saturated carbocycles. The summed E-state index contributed by atoms with van der Waals surface area (Å²) in [4.78, 5) is 12.4. The second-order valence-electron chi connectivity index (χ2n) is 11.2. The predicted molar refractivity (Wildman–Crippen MR) is 145 cm³/mol. The quantitative estimate of drug-likeness (QED) is 0.160. The van der Waals surface area contributed by atoms with E-state index in [9.17, 15) is 9.90 Å². The molecule has 1 atom stereocenters. The highest BCUT2D eigenvalue weighted by Crippen LogP contribution is 2.47. The van der Waals surface area contributed by atoms with Crippen molar-refractivity contribution in [3.05, 3.63) is 29.8 Å². The number of benzene rings is 1. The molecule has 0 heterocycles. The largest absolute Gasteiger partial charge is 0.508 e. The van der Waals surface area contributed by atoms with Gasteiger partial charge in [-0.1, -0.05) is 137 Å². The molecule has 3 nitrogen and oxygen atoms in total. The molecule has 0 radical (unpaired) electrons. The van der Waals surface area contributed by atoms with E-state index >= 15 is 0 Å². The Hall–Kier alpha value is -1.51. The number of ether oxygens (including phenoxy) is 1. The van der Waals surface area contributed by atoms with Crippen molar-refractivity contribution in [2.45, 2.75) is 149 Å². The first-order valence-electron chi connectivity index (χ1n) is 14.3. The Morgan fingerprint density at radius 1 is 0.706 bits per heavy atom. The van der Waals surface area contributed by atoms with Gasteiger partial charge in [0.05, 0.1) is 0 Å². The molecule has 1 aromatic rings. The van der Waals surface area contributed by atoms with Gasteiger partial charge in [0.1, 0.15) is 11.4 Å². The second-order valence-corrected chi connectivity index (χ2v) is 11.2. The van der Waals surface area contributed by atoms with Gasteiger partial charge in [-0.25, -0.2) is 0 Å². The van der Waals surface area contributed by atoms with E-state index in [1.165, 1.54) is 83.5 Å². The molecule has 0 spiro atoms. The summed E-state index contributed by atoms with van der Waals surface area (Å²) >= 11 is 0. The molecule has 0 bridgehead atoms. The minimum absolute atomic E-state index is 0.163. The molecule has 3 heteroatoms. The van der Waals surface area contributed by atoms with Crippen LogP contribution in [-0.4, -0.2) is 11.1 Å². The van der Waals surface area contributed by atoms with Crippen LogP contribution in [0.15, 0.2) is 24.3 Å².